The number of halogens is 1. The molecule has 7 heteroatoms. The maximum absolute atomic E-state index is 12.9. The van der Waals surface area contributed by atoms with E-state index in [-0.39, 0.29) is 5.91 Å². The van der Waals surface area contributed by atoms with Gasteiger partial charge in [0.25, 0.3) is 5.91 Å². The minimum absolute atomic E-state index is 0.215. The summed E-state index contributed by atoms with van der Waals surface area (Å²) in [5, 5.41) is 4.31. The Morgan fingerprint density at radius 2 is 1.93 bits per heavy atom. The molecule has 140 valence electrons. The van der Waals surface area contributed by atoms with Gasteiger partial charge in [0.2, 0.25) is 0 Å². The van der Waals surface area contributed by atoms with Crippen molar-refractivity contribution >= 4 is 34.1 Å². The fourth-order valence-corrected chi connectivity index (χ4v) is 3.56. The predicted molar refractivity (Wildman–Crippen MR) is 110 cm³/mol. The number of anilines is 1. The van der Waals surface area contributed by atoms with Crippen molar-refractivity contribution in [2.24, 2.45) is 0 Å². The van der Waals surface area contributed by atoms with E-state index in [1.807, 2.05) is 55.8 Å². The van der Waals surface area contributed by atoms with E-state index in [1.54, 1.807) is 18.7 Å². The fourth-order valence-electron chi connectivity index (χ4n) is 3.31. The summed E-state index contributed by atoms with van der Waals surface area (Å²) in [6.07, 6.45) is 6.89. The highest BCUT2D eigenvalue weighted by molar-refractivity contribution is 6.33. The summed E-state index contributed by atoms with van der Waals surface area (Å²) in [5.41, 5.74) is 5.05. The van der Waals surface area contributed by atoms with Crippen LogP contribution in [0.4, 0.5) is 5.69 Å². The lowest BCUT2D eigenvalue weighted by Crippen LogP contribution is -2.16. The number of aryl methyl sites for hydroxylation is 3. The number of hydrogen-bond acceptors (Lipinski definition) is 4. The van der Waals surface area contributed by atoms with E-state index < -0.39 is 0 Å². The molecule has 0 radical (unpaired) electrons. The van der Waals surface area contributed by atoms with Crippen molar-refractivity contribution in [2.45, 2.75) is 20.8 Å². The topological polar surface area (TPSA) is 72.7 Å². The number of hydrogen-bond donors (Lipinski definition) is 1. The second-order valence-corrected chi connectivity index (χ2v) is 7.03. The first kappa shape index (κ1) is 18.1. The highest BCUT2D eigenvalue weighted by Crippen LogP contribution is 2.32. The van der Waals surface area contributed by atoms with Crippen LogP contribution in [-0.2, 0) is 0 Å². The van der Waals surface area contributed by atoms with Crippen LogP contribution >= 0.6 is 11.6 Å². The second-order valence-electron chi connectivity index (χ2n) is 6.62. The Labute approximate surface area is 167 Å². The van der Waals surface area contributed by atoms with Crippen molar-refractivity contribution in [1.82, 2.24) is 19.5 Å². The van der Waals surface area contributed by atoms with Crippen LogP contribution in [0.25, 0.3) is 16.6 Å². The third-order valence-electron chi connectivity index (χ3n) is 4.62. The van der Waals surface area contributed by atoms with E-state index in [0.717, 1.165) is 22.3 Å². The molecule has 1 amide bonds. The number of para-hydroxylation sites is 1. The summed E-state index contributed by atoms with van der Waals surface area (Å²) in [5.74, 6) is -0.215. The van der Waals surface area contributed by atoms with Gasteiger partial charge in [-0.2, -0.15) is 0 Å². The quantitative estimate of drug-likeness (QED) is 0.551. The van der Waals surface area contributed by atoms with E-state index in [2.05, 4.69) is 20.3 Å². The average Bonchev–Trinajstić information content (AvgIpc) is 3.07. The molecule has 0 saturated heterocycles. The standard InChI is InChI=1S/C21H18ClN5O/c1-12-7-8-23-14(3)18(12)21(28)26-17-6-4-5-15-19(17)24-9-16(22)20(15)27-10-13(2)25-11-27/h4-11H,1-3H3,(H,26,28). The van der Waals surface area contributed by atoms with Crippen LogP contribution < -0.4 is 5.32 Å². The molecule has 0 aliphatic rings. The summed E-state index contributed by atoms with van der Waals surface area (Å²) in [7, 11) is 0. The zero-order valence-electron chi connectivity index (χ0n) is 15.7. The van der Waals surface area contributed by atoms with Crippen LogP contribution in [0.1, 0.15) is 27.3 Å². The van der Waals surface area contributed by atoms with E-state index >= 15 is 0 Å². The first-order valence-corrected chi connectivity index (χ1v) is 9.15. The monoisotopic (exact) mass is 391 g/mol. The first-order chi connectivity index (χ1) is 13.5. The Morgan fingerprint density at radius 1 is 1.11 bits per heavy atom. The molecule has 0 spiro atoms. The lowest BCUT2D eigenvalue weighted by atomic mass is 10.1. The average molecular weight is 392 g/mol. The molecule has 0 unspecified atom stereocenters. The van der Waals surface area contributed by atoms with E-state index in [0.29, 0.717) is 27.5 Å². The molecule has 0 bridgehead atoms. The zero-order valence-corrected chi connectivity index (χ0v) is 16.4. The van der Waals surface area contributed by atoms with Gasteiger partial charge in [0.05, 0.1) is 45.2 Å². The highest BCUT2D eigenvalue weighted by atomic mass is 35.5. The Kier molecular flexibility index (Phi) is 4.57. The van der Waals surface area contributed by atoms with Gasteiger partial charge in [-0.05, 0) is 38.5 Å². The molecular weight excluding hydrogens is 374 g/mol. The molecule has 0 atom stereocenters. The molecule has 4 rings (SSSR count). The van der Waals surface area contributed by atoms with Crippen molar-refractivity contribution in [3.05, 3.63) is 76.7 Å². The maximum Gasteiger partial charge on any atom is 0.257 e. The predicted octanol–water partition coefficient (Wildman–Crippen LogP) is 4.65. The lowest BCUT2D eigenvalue weighted by Gasteiger charge is -2.14. The molecule has 6 nitrogen and oxygen atoms in total. The molecule has 0 aliphatic carbocycles. The molecule has 28 heavy (non-hydrogen) atoms. The van der Waals surface area contributed by atoms with Crippen molar-refractivity contribution in [3.8, 4) is 5.69 Å². The minimum atomic E-state index is -0.215. The van der Waals surface area contributed by atoms with Crippen molar-refractivity contribution in [1.29, 1.82) is 0 Å². The number of fused-ring (bicyclic) bond motifs is 1. The number of rotatable bonds is 3. The number of carbonyl (C=O) groups is 1. The third-order valence-corrected chi connectivity index (χ3v) is 4.89. The third kappa shape index (κ3) is 3.12. The summed E-state index contributed by atoms with van der Waals surface area (Å²) in [4.78, 5) is 25.9. The maximum atomic E-state index is 12.9. The van der Waals surface area contributed by atoms with Crippen LogP contribution in [-0.4, -0.2) is 25.4 Å². The van der Waals surface area contributed by atoms with Gasteiger partial charge in [-0.15, -0.1) is 0 Å². The highest BCUT2D eigenvalue weighted by Gasteiger charge is 2.17. The van der Waals surface area contributed by atoms with E-state index in [9.17, 15) is 4.79 Å². The van der Waals surface area contributed by atoms with Crippen molar-refractivity contribution in [3.63, 3.8) is 0 Å². The van der Waals surface area contributed by atoms with Crippen LogP contribution in [0.3, 0.4) is 0 Å². The SMILES string of the molecule is Cc1cn(-c2c(Cl)cnc3c(NC(=O)c4c(C)ccnc4C)cccc23)cn1. The Hall–Kier alpha value is -3.25. The second kappa shape index (κ2) is 7.05. The van der Waals surface area contributed by atoms with Crippen LogP contribution in [0, 0.1) is 20.8 Å². The minimum Gasteiger partial charge on any atom is -0.320 e. The molecular formula is C21H18ClN5O. The number of pyridine rings is 2. The largest absolute Gasteiger partial charge is 0.320 e. The molecule has 0 saturated carbocycles. The smallest absolute Gasteiger partial charge is 0.257 e. The number of benzene rings is 1. The van der Waals surface area contributed by atoms with Gasteiger partial charge in [0.15, 0.2) is 0 Å². The van der Waals surface area contributed by atoms with E-state index in [4.69, 9.17) is 11.6 Å². The molecule has 3 heterocycles. The summed E-state index contributed by atoms with van der Waals surface area (Å²) < 4.78 is 1.86. The molecule has 0 aliphatic heterocycles. The van der Waals surface area contributed by atoms with Crippen molar-refractivity contribution < 1.29 is 4.79 Å². The van der Waals surface area contributed by atoms with Gasteiger partial charge in [0, 0.05) is 24.0 Å². The molecule has 1 N–H and O–H groups in total. The number of aromatic nitrogens is 4. The molecule has 0 fully saturated rings. The van der Waals surface area contributed by atoms with Gasteiger partial charge in [-0.1, -0.05) is 23.7 Å². The molecule has 1 aromatic carbocycles. The Bertz CT molecular complexity index is 1190. The first-order valence-electron chi connectivity index (χ1n) is 8.77. The van der Waals surface area contributed by atoms with Gasteiger partial charge in [0.1, 0.15) is 0 Å². The molecule has 4 aromatic rings. The number of carbonyl (C=O) groups excluding carboxylic acids is 1. The lowest BCUT2D eigenvalue weighted by molar-refractivity contribution is 0.102. The number of imidazole rings is 1. The van der Waals surface area contributed by atoms with Crippen LogP contribution in [0.5, 0.6) is 0 Å². The van der Waals surface area contributed by atoms with Gasteiger partial charge < -0.3 is 9.88 Å². The summed E-state index contributed by atoms with van der Waals surface area (Å²) in [6.45, 7) is 5.63. The number of nitrogens with one attached hydrogen (secondary N) is 1. The Morgan fingerprint density at radius 3 is 2.64 bits per heavy atom. The zero-order chi connectivity index (χ0) is 19.8. The Balaban J connectivity index is 1.82. The van der Waals surface area contributed by atoms with Gasteiger partial charge in [-0.3, -0.25) is 14.8 Å². The number of amides is 1. The molecule has 3 aromatic heterocycles. The normalized spacial score (nSPS) is 11.0. The number of nitrogens with zero attached hydrogens (tertiary/aromatic N) is 4. The summed E-state index contributed by atoms with van der Waals surface area (Å²) >= 11 is 6.44. The van der Waals surface area contributed by atoms with Crippen LogP contribution in [0.15, 0.2) is 49.2 Å². The van der Waals surface area contributed by atoms with Crippen LogP contribution in [0.2, 0.25) is 5.02 Å². The summed E-state index contributed by atoms with van der Waals surface area (Å²) in [6, 6.07) is 7.44. The van der Waals surface area contributed by atoms with Gasteiger partial charge in [-0.25, -0.2) is 4.98 Å². The van der Waals surface area contributed by atoms with Crippen molar-refractivity contribution in [2.75, 3.05) is 5.32 Å². The van der Waals surface area contributed by atoms with Gasteiger partial charge >= 0.3 is 0 Å². The van der Waals surface area contributed by atoms with E-state index in [1.165, 1.54) is 0 Å². The fraction of sp³-hybridized carbons (Fsp3) is 0.143.